The van der Waals surface area contributed by atoms with Crippen LogP contribution in [0.15, 0.2) is 30.5 Å². The van der Waals surface area contributed by atoms with Gasteiger partial charge in [0.2, 0.25) is 0 Å². The smallest absolute Gasteiger partial charge is 0.123 e. The van der Waals surface area contributed by atoms with Gasteiger partial charge in [0.25, 0.3) is 0 Å². The van der Waals surface area contributed by atoms with Crippen molar-refractivity contribution in [3.8, 4) is 0 Å². The number of rotatable bonds is 6. The molecule has 114 valence electrons. The Hall–Kier alpha value is -1.72. The number of hydrogen-bond donors (Lipinski definition) is 1. The molecule has 0 saturated carbocycles. The molecule has 0 aliphatic carbocycles. The fraction of sp³-hybridized carbons (Fsp3) is 0.438. The van der Waals surface area contributed by atoms with Crippen molar-refractivity contribution in [2.24, 2.45) is 0 Å². The zero-order valence-electron chi connectivity index (χ0n) is 12.8. The van der Waals surface area contributed by atoms with Crippen molar-refractivity contribution in [1.82, 2.24) is 14.7 Å². The van der Waals surface area contributed by atoms with Crippen molar-refractivity contribution in [3.63, 3.8) is 0 Å². The minimum absolute atomic E-state index is 0.0857. The summed E-state index contributed by atoms with van der Waals surface area (Å²) in [6.07, 6.45) is 1.97. The fourth-order valence-corrected chi connectivity index (χ4v) is 2.33. The van der Waals surface area contributed by atoms with Gasteiger partial charge in [-0.05, 0) is 38.6 Å². The molecule has 2 aromatic rings. The quantitative estimate of drug-likeness (QED) is 0.889. The molecular weight excluding hydrogens is 269 g/mol. The molecule has 0 amide bonds. The summed E-state index contributed by atoms with van der Waals surface area (Å²) in [5.74, 6) is -0.213. The van der Waals surface area contributed by atoms with Crippen molar-refractivity contribution in [2.75, 3.05) is 13.7 Å². The third kappa shape index (κ3) is 3.89. The van der Waals surface area contributed by atoms with Gasteiger partial charge in [0.1, 0.15) is 5.82 Å². The summed E-state index contributed by atoms with van der Waals surface area (Å²) in [4.78, 5) is 2.19. The first-order valence-electron chi connectivity index (χ1n) is 7.10. The van der Waals surface area contributed by atoms with E-state index in [0.717, 1.165) is 23.4 Å². The van der Waals surface area contributed by atoms with Crippen LogP contribution < -0.4 is 0 Å². The minimum atomic E-state index is -0.213. The van der Waals surface area contributed by atoms with Gasteiger partial charge in [0, 0.05) is 24.3 Å². The number of nitrogens with zero attached hydrogens (tertiary/aromatic N) is 3. The van der Waals surface area contributed by atoms with Crippen LogP contribution in [-0.4, -0.2) is 33.4 Å². The molecule has 1 aromatic carbocycles. The third-order valence-corrected chi connectivity index (χ3v) is 3.81. The Labute approximate surface area is 124 Å². The maximum atomic E-state index is 13.0. The third-order valence-electron chi connectivity index (χ3n) is 3.81. The van der Waals surface area contributed by atoms with Crippen molar-refractivity contribution < 1.29 is 9.50 Å². The van der Waals surface area contributed by atoms with Crippen LogP contribution in [0.5, 0.6) is 0 Å². The SMILES string of the molecule is Cc1nn(CCO)cc1CN(C)C(C)c1ccc(F)cc1. The molecular formula is C16H22FN3O. The highest BCUT2D eigenvalue weighted by Crippen LogP contribution is 2.21. The Morgan fingerprint density at radius 3 is 2.62 bits per heavy atom. The summed E-state index contributed by atoms with van der Waals surface area (Å²) in [6.45, 7) is 5.43. The van der Waals surface area contributed by atoms with E-state index in [-0.39, 0.29) is 18.5 Å². The maximum absolute atomic E-state index is 13.0. The standard InChI is InChI=1S/C16H22FN3O/c1-12-15(11-20(18-12)8-9-21)10-19(3)13(2)14-4-6-16(17)7-5-14/h4-7,11,13,21H,8-10H2,1-3H3. The molecule has 2 rings (SSSR count). The summed E-state index contributed by atoms with van der Waals surface area (Å²) in [6, 6.07) is 6.80. The van der Waals surface area contributed by atoms with E-state index >= 15 is 0 Å². The molecule has 21 heavy (non-hydrogen) atoms. The number of halogens is 1. The molecule has 1 atom stereocenters. The van der Waals surface area contributed by atoms with Crippen LogP contribution in [0.25, 0.3) is 0 Å². The van der Waals surface area contributed by atoms with Gasteiger partial charge in [-0.1, -0.05) is 12.1 Å². The molecule has 1 N–H and O–H groups in total. The second-order valence-corrected chi connectivity index (χ2v) is 5.37. The summed E-state index contributed by atoms with van der Waals surface area (Å²) in [5.41, 5.74) is 3.20. The van der Waals surface area contributed by atoms with Crippen LogP contribution in [-0.2, 0) is 13.1 Å². The number of aliphatic hydroxyl groups excluding tert-OH is 1. The van der Waals surface area contributed by atoms with Gasteiger partial charge in [-0.25, -0.2) is 4.39 Å². The molecule has 0 spiro atoms. The van der Waals surface area contributed by atoms with Crippen LogP contribution in [0.3, 0.4) is 0 Å². The van der Waals surface area contributed by atoms with E-state index in [2.05, 4.69) is 16.9 Å². The average Bonchev–Trinajstić information content (AvgIpc) is 2.79. The second-order valence-electron chi connectivity index (χ2n) is 5.37. The first-order valence-corrected chi connectivity index (χ1v) is 7.10. The van der Waals surface area contributed by atoms with Gasteiger partial charge < -0.3 is 5.11 Å². The molecule has 1 aromatic heterocycles. The lowest BCUT2D eigenvalue weighted by molar-refractivity contribution is 0.252. The first kappa shape index (κ1) is 15.7. The van der Waals surface area contributed by atoms with Gasteiger partial charge in [0.15, 0.2) is 0 Å². The normalized spacial score (nSPS) is 12.9. The summed E-state index contributed by atoms with van der Waals surface area (Å²) >= 11 is 0. The van der Waals surface area contributed by atoms with E-state index in [4.69, 9.17) is 5.11 Å². The molecule has 0 aliphatic heterocycles. The van der Waals surface area contributed by atoms with Crippen molar-refractivity contribution in [1.29, 1.82) is 0 Å². The zero-order chi connectivity index (χ0) is 15.4. The van der Waals surface area contributed by atoms with Crippen LogP contribution in [0.2, 0.25) is 0 Å². The highest BCUT2D eigenvalue weighted by molar-refractivity contribution is 5.20. The van der Waals surface area contributed by atoms with Crippen LogP contribution in [0, 0.1) is 12.7 Å². The Bertz CT molecular complexity index is 580. The second kappa shape index (κ2) is 6.83. The van der Waals surface area contributed by atoms with Crippen LogP contribution in [0.4, 0.5) is 4.39 Å². The van der Waals surface area contributed by atoms with Gasteiger partial charge in [-0.3, -0.25) is 9.58 Å². The van der Waals surface area contributed by atoms with E-state index in [1.54, 1.807) is 4.68 Å². The Kier molecular flexibility index (Phi) is 5.09. The lowest BCUT2D eigenvalue weighted by Gasteiger charge is -2.24. The number of hydrogen-bond acceptors (Lipinski definition) is 3. The van der Waals surface area contributed by atoms with Gasteiger partial charge in [-0.2, -0.15) is 5.10 Å². The van der Waals surface area contributed by atoms with E-state index in [1.165, 1.54) is 12.1 Å². The van der Waals surface area contributed by atoms with Gasteiger partial charge in [0.05, 0.1) is 18.8 Å². The molecule has 0 aliphatic rings. The van der Waals surface area contributed by atoms with Gasteiger partial charge >= 0.3 is 0 Å². The lowest BCUT2D eigenvalue weighted by Crippen LogP contribution is -2.22. The number of aromatic nitrogens is 2. The summed E-state index contributed by atoms with van der Waals surface area (Å²) in [5, 5.41) is 13.3. The molecule has 5 heteroatoms. The Morgan fingerprint density at radius 1 is 1.33 bits per heavy atom. The van der Waals surface area contributed by atoms with E-state index in [1.807, 2.05) is 32.3 Å². The predicted octanol–water partition coefficient (Wildman–Crippen LogP) is 2.52. The Balaban J connectivity index is 2.06. The Morgan fingerprint density at radius 2 is 2.00 bits per heavy atom. The van der Waals surface area contributed by atoms with Crippen molar-refractivity contribution in [2.45, 2.75) is 33.0 Å². The monoisotopic (exact) mass is 291 g/mol. The molecule has 1 unspecified atom stereocenters. The van der Waals surface area contributed by atoms with Crippen molar-refractivity contribution in [3.05, 3.63) is 53.1 Å². The topological polar surface area (TPSA) is 41.3 Å². The highest BCUT2D eigenvalue weighted by Gasteiger charge is 2.14. The minimum Gasteiger partial charge on any atom is -0.394 e. The molecule has 0 bridgehead atoms. The molecule has 0 fully saturated rings. The van der Waals surface area contributed by atoms with Crippen LogP contribution in [0.1, 0.15) is 29.8 Å². The van der Waals surface area contributed by atoms with Gasteiger partial charge in [-0.15, -0.1) is 0 Å². The van der Waals surface area contributed by atoms with Crippen LogP contribution >= 0.6 is 0 Å². The molecule has 1 heterocycles. The van der Waals surface area contributed by atoms with E-state index in [9.17, 15) is 4.39 Å². The number of benzene rings is 1. The number of aliphatic hydroxyl groups is 1. The largest absolute Gasteiger partial charge is 0.394 e. The molecule has 0 radical (unpaired) electrons. The highest BCUT2D eigenvalue weighted by atomic mass is 19.1. The van der Waals surface area contributed by atoms with Crippen molar-refractivity contribution >= 4 is 0 Å². The zero-order valence-corrected chi connectivity index (χ0v) is 12.8. The summed E-state index contributed by atoms with van der Waals surface area (Å²) < 4.78 is 14.7. The first-order chi connectivity index (χ1) is 10.0. The maximum Gasteiger partial charge on any atom is 0.123 e. The lowest BCUT2D eigenvalue weighted by atomic mass is 10.1. The number of aryl methyl sites for hydroxylation is 1. The molecule has 0 saturated heterocycles. The fourth-order valence-electron chi connectivity index (χ4n) is 2.33. The van der Waals surface area contributed by atoms with E-state index < -0.39 is 0 Å². The summed E-state index contributed by atoms with van der Waals surface area (Å²) in [7, 11) is 2.04. The van der Waals surface area contributed by atoms with E-state index in [0.29, 0.717) is 6.54 Å². The molecule has 4 nitrogen and oxygen atoms in total. The predicted molar refractivity (Wildman–Crippen MR) is 80.3 cm³/mol. The average molecular weight is 291 g/mol.